The van der Waals surface area contributed by atoms with Gasteiger partial charge in [0.2, 0.25) is 5.91 Å². The van der Waals surface area contributed by atoms with Gasteiger partial charge in [0.05, 0.1) is 0 Å². The second-order valence-electron chi connectivity index (χ2n) is 9.51. The van der Waals surface area contributed by atoms with Crippen LogP contribution in [0.3, 0.4) is 0 Å². The Morgan fingerprint density at radius 3 is 2.53 bits per heavy atom. The molecule has 5 heteroatoms. The summed E-state index contributed by atoms with van der Waals surface area (Å²) in [6.07, 6.45) is 4.27. The van der Waals surface area contributed by atoms with E-state index in [0.717, 1.165) is 52.2 Å². The Hall–Kier alpha value is -1.69. The molecule has 0 saturated carbocycles. The summed E-state index contributed by atoms with van der Waals surface area (Å²) in [5, 5.41) is 2.18. The van der Waals surface area contributed by atoms with Crippen molar-refractivity contribution < 1.29 is 4.79 Å². The van der Waals surface area contributed by atoms with Crippen molar-refractivity contribution in [1.82, 2.24) is 14.7 Å². The van der Waals surface area contributed by atoms with Gasteiger partial charge in [-0.05, 0) is 73.3 Å². The van der Waals surface area contributed by atoms with Crippen molar-refractivity contribution in [1.29, 1.82) is 0 Å². The zero-order chi connectivity index (χ0) is 20.6. The minimum Gasteiger partial charge on any atom is -0.340 e. The molecule has 2 aromatic rings. The number of thiophene rings is 1. The molecule has 30 heavy (non-hydrogen) atoms. The van der Waals surface area contributed by atoms with Crippen molar-refractivity contribution in [2.45, 2.75) is 43.6 Å². The maximum Gasteiger partial charge on any atom is 0.223 e. The number of amides is 1. The monoisotopic (exact) mass is 423 g/mol. The average molecular weight is 424 g/mol. The van der Waals surface area contributed by atoms with Crippen molar-refractivity contribution in [3.8, 4) is 0 Å². The van der Waals surface area contributed by atoms with Gasteiger partial charge >= 0.3 is 0 Å². The Balaban J connectivity index is 1.27. The van der Waals surface area contributed by atoms with Crippen molar-refractivity contribution in [2.75, 3.05) is 46.3 Å². The van der Waals surface area contributed by atoms with E-state index in [-0.39, 0.29) is 5.41 Å². The van der Waals surface area contributed by atoms with Crippen LogP contribution in [0.4, 0.5) is 0 Å². The third kappa shape index (κ3) is 3.95. The van der Waals surface area contributed by atoms with Crippen LogP contribution >= 0.6 is 11.3 Å². The molecule has 2 saturated heterocycles. The largest absolute Gasteiger partial charge is 0.340 e. The highest BCUT2D eigenvalue weighted by Gasteiger charge is 2.45. The Bertz CT molecular complexity index is 864. The SMILES string of the molecule is CN1CCN(C(=O)C[C@@H]2CC3(CCN(Cc4cccs4)CC3)c3ccccc32)CC1. The van der Waals surface area contributed by atoms with Gasteiger partial charge in [-0.1, -0.05) is 30.3 Å². The highest BCUT2D eigenvalue weighted by atomic mass is 32.1. The van der Waals surface area contributed by atoms with Gasteiger partial charge in [-0.3, -0.25) is 9.69 Å². The van der Waals surface area contributed by atoms with E-state index in [1.807, 2.05) is 11.3 Å². The van der Waals surface area contributed by atoms with Gasteiger partial charge in [0.1, 0.15) is 0 Å². The highest BCUT2D eigenvalue weighted by molar-refractivity contribution is 7.09. The topological polar surface area (TPSA) is 26.8 Å². The number of piperazine rings is 1. The van der Waals surface area contributed by atoms with Gasteiger partial charge in [0.25, 0.3) is 0 Å². The third-order valence-electron chi connectivity index (χ3n) is 7.66. The van der Waals surface area contributed by atoms with E-state index in [4.69, 9.17) is 0 Å². The van der Waals surface area contributed by atoms with Gasteiger partial charge in [0, 0.05) is 44.0 Å². The zero-order valence-electron chi connectivity index (χ0n) is 18.1. The lowest BCUT2D eigenvalue weighted by Crippen LogP contribution is -2.47. The number of benzene rings is 1. The maximum atomic E-state index is 13.1. The Morgan fingerprint density at radius 1 is 1.03 bits per heavy atom. The second-order valence-corrected chi connectivity index (χ2v) is 10.5. The fourth-order valence-electron chi connectivity index (χ4n) is 5.84. The molecule has 3 heterocycles. The second kappa shape index (κ2) is 8.45. The molecule has 2 fully saturated rings. The van der Waals surface area contributed by atoms with E-state index in [9.17, 15) is 4.79 Å². The van der Waals surface area contributed by atoms with E-state index < -0.39 is 0 Å². The number of nitrogens with zero attached hydrogens (tertiary/aromatic N) is 3. The standard InChI is InChI=1S/C25H33N3OS/c1-26-12-14-28(15-13-26)24(29)17-20-18-25(23-7-3-2-6-22(20)23)8-10-27(11-9-25)19-21-5-4-16-30-21/h2-7,16,20H,8-15,17-19H2,1H3/t20-/m1/s1. The summed E-state index contributed by atoms with van der Waals surface area (Å²) in [6, 6.07) is 13.4. The summed E-state index contributed by atoms with van der Waals surface area (Å²) in [5.74, 6) is 0.743. The molecule has 1 aromatic heterocycles. The molecule has 0 radical (unpaired) electrons. The molecule has 0 bridgehead atoms. The molecule has 1 amide bonds. The maximum absolute atomic E-state index is 13.1. The van der Waals surface area contributed by atoms with E-state index in [1.165, 1.54) is 28.8 Å². The van der Waals surface area contributed by atoms with Gasteiger partial charge in [-0.2, -0.15) is 0 Å². The lowest BCUT2D eigenvalue weighted by molar-refractivity contribution is -0.133. The first kappa shape index (κ1) is 20.2. The average Bonchev–Trinajstić information content (AvgIpc) is 3.38. The fraction of sp³-hybridized carbons (Fsp3) is 0.560. The molecule has 160 valence electrons. The van der Waals surface area contributed by atoms with Crippen molar-refractivity contribution in [3.05, 3.63) is 57.8 Å². The lowest BCUT2D eigenvalue weighted by Gasteiger charge is -2.40. The van der Waals surface area contributed by atoms with E-state index in [0.29, 0.717) is 18.2 Å². The van der Waals surface area contributed by atoms with E-state index in [1.54, 1.807) is 0 Å². The number of likely N-dealkylation sites (N-methyl/N-ethyl adjacent to an activating group) is 1. The normalized spacial score (nSPS) is 24.3. The summed E-state index contributed by atoms with van der Waals surface area (Å²) >= 11 is 1.86. The molecule has 1 aromatic carbocycles. The number of piperidine rings is 1. The third-order valence-corrected chi connectivity index (χ3v) is 8.52. The van der Waals surface area contributed by atoms with Gasteiger partial charge in [0.15, 0.2) is 0 Å². The zero-order valence-corrected chi connectivity index (χ0v) is 18.9. The summed E-state index contributed by atoms with van der Waals surface area (Å²) in [4.78, 5) is 21.6. The van der Waals surface area contributed by atoms with Gasteiger partial charge < -0.3 is 9.80 Å². The molecule has 0 N–H and O–H groups in total. The van der Waals surface area contributed by atoms with E-state index >= 15 is 0 Å². The molecule has 1 atom stereocenters. The first-order valence-electron chi connectivity index (χ1n) is 11.4. The summed E-state index contributed by atoms with van der Waals surface area (Å²) in [7, 11) is 2.14. The van der Waals surface area contributed by atoms with Crippen molar-refractivity contribution in [2.24, 2.45) is 0 Å². The lowest BCUT2D eigenvalue weighted by atomic mass is 9.73. The number of carbonyl (C=O) groups excluding carboxylic acids is 1. The number of carbonyl (C=O) groups is 1. The summed E-state index contributed by atoms with van der Waals surface area (Å²) < 4.78 is 0. The quantitative estimate of drug-likeness (QED) is 0.745. The number of hydrogen-bond acceptors (Lipinski definition) is 4. The van der Waals surface area contributed by atoms with Crippen molar-refractivity contribution in [3.63, 3.8) is 0 Å². The molecular formula is C25H33N3OS. The van der Waals surface area contributed by atoms with Crippen LogP contribution in [-0.4, -0.2) is 66.9 Å². The Morgan fingerprint density at radius 2 is 1.80 bits per heavy atom. The molecule has 5 rings (SSSR count). The van der Waals surface area contributed by atoms with Crippen LogP contribution in [0.25, 0.3) is 0 Å². The van der Waals surface area contributed by atoms with Crippen LogP contribution in [0, 0.1) is 0 Å². The summed E-state index contributed by atoms with van der Waals surface area (Å²) in [5.41, 5.74) is 3.26. The van der Waals surface area contributed by atoms with Crippen LogP contribution in [0.15, 0.2) is 41.8 Å². The molecule has 2 aliphatic heterocycles. The predicted molar refractivity (Wildman–Crippen MR) is 123 cm³/mol. The molecule has 1 aliphatic carbocycles. The predicted octanol–water partition coefficient (Wildman–Crippen LogP) is 3.93. The first-order chi connectivity index (χ1) is 14.6. The molecule has 0 unspecified atom stereocenters. The number of likely N-dealkylation sites (tertiary alicyclic amines) is 1. The Labute approximate surface area is 184 Å². The van der Waals surface area contributed by atoms with Crippen LogP contribution in [0.1, 0.15) is 47.6 Å². The van der Waals surface area contributed by atoms with Gasteiger partial charge in [-0.15, -0.1) is 11.3 Å². The van der Waals surface area contributed by atoms with Crippen LogP contribution < -0.4 is 0 Å². The van der Waals surface area contributed by atoms with Gasteiger partial charge in [-0.25, -0.2) is 0 Å². The molecule has 3 aliphatic rings. The van der Waals surface area contributed by atoms with Crippen LogP contribution in [0.2, 0.25) is 0 Å². The molecule has 4 nitrogen and oxygen atoms in total. The smallest absolute Gasteiger partial charge is 0.223 e. The molecule has 1 spiro atoms. The first-order valence-corrected chi connectivity index (χ1v) is 12.3. The van der Waals surface area contributed by atoms with E-state index in [2.05, 4.69) is 63.5 Å². The highest BCUT2D eigenvalue weighted by Crippen LogP contribution is 2.52. The van der Waals surface area contributed by atoms with Crippen LogP contribution in [0.5, 0.6) is 0 Å². The Kier molecular flexibility index (Phi) is 5.69. The minimum absolute atomic E-state index is 0.273. The molecular weight excluding hydrogens is 390 g/mol. The van der Waals surface area contributed by atoms with Crippen molar-refractivity contribution >= 4 is 17.2 Å². The summed E-state index contributed by atoms with van der Waals surface area (Å²) in [6.45, 7) is 7.16. The number of rotatable bonds is 4. The number of hydrogen-bond donors (Lipinski definition) is 0. The fourth-order valence-corrected chi connectivity index (χ4v) is 6.59. The number of fused-ring (bicyclic) bond motifs is 2. The minimum atomic E-state index is 0.273. The van der Waals surface area contributed by atoms with Crippen LogP contribution in [-0.2, 0) is 16.8 Å².